The van der Waals surface area contributed by atoms with Crippen molar-refractivity contribution in [1.82, 2.24) is 5.32 Å². The predicted octanol–water partition coefficient (Wildman–Crippen LogP) is 0.781. The van der Waals surface area contributed by atoms with E-state index in [4.69, 9.17) is 9.47 Å². The summed E-state index contributed by atoms with van der Waals surface area (Å²) in [5.41, 5.74) is 0. The van der Waals surface area contributed by atoms with Crippen LogP contribution < -0.4 is 5.32 Å². The first kappa shape index (κ1) is 10.3. The van der Waals surface area contributed by atoms with Gasteiger partial charge >= 0.3 is 0 Å². The van der Waals surface area contributed by atoms with Gasteiger partial charge in [-0.05, 0) is 12.8 Å². The molecule has 2 saturated heterocycles. The third-order valence-electron chi connectivity index (χ3n) is 2.37. The summed E-state index contributed by atoms with van der Waals surface area (Å²) >= 11 is 0. The Bertz CT molecular complexity index is 122. The molecule has 2 rings (SSSR count). The third kappa shape index (κ3) is 2.33. The minimum absolute atomic E-state index is 0. The molecular formula is C8H16ClNO2. The van der Waals surface area contributed by atoms with Gasteiger partial charge in [0.15, 0.2) is 0 Å². The highest BCUT2D eigenvalue weighted by Crippen LogP contribution is 2.19. The Morgan fingerprint density at radius 2 is 2.17 bits per heavy atom. The molecule has 12 heavy (non-hydrogen) atoms. The van der Waals surface area contributed by atoms with Crippen LogP contribution in [-0.4, -0.2) is 32.6 Å². The van der Waals surface area contributed by atoms with Gasteiger partial charge in [-0.1, -0.05) is 0 Å². The van der Waals surface area contributed by atoms with Crippen molar-refractivity contribution in [1.29, 1.82) is 0 Å². The quantitative estimate of drug-likeness (QED) is 0.668. The van der Waals surface area contributed by atoms with Crippen LogP contribution in [0.3, 0.4) is 0 Å². The molecule has 0 bridgehead atoms. The van der Waals surface area contributed by atoms with Gasteiger partial charge in [-0.2, -0.15) is 0 Å². The zero-order chi connectivity index (χ0) is 7.52. The van der Waals surface area contributed by atoms with E-state index in [1.807, 2.05) is 0 Å². The Balaban J connectivity index is 0.000000720. The fraction of sp³-hybridized carbons (Fsp3) is 1.00. The van der Waals surface area contributed by atoms with Crippen LogP contribution in [0.25, 0.3) is 0 Å². The average molecular weight is 194 g/mol. The van der Waals surface area contributed by atoms with Gasteiger partial charge in [0.05, 0.1) is 13.2 Å². The fourth-order valence-corrected chi connectivity index (χ4v) is 1.75. The second kappa shape index (κ2) is 5.02. The van der Waals surface area contributed by atoms with Crippen molar-refractivity contribution in [3.8, 4) is 0 Å². The zero-order valence-electron chi connectivity index (χ0n) is 7.12. The van der Waals surface area contributed by atoms with Crippen LogP contribution in [-0.2, 0) is 9.47 Å². The van der Waals surface area contributed by atoms with Crippen LogP contribution in [0.4, 0.5) is 0 Å². The smallest absolute Gasteiger partial charge is 0.113 e. The van der Waals surface area contributed by atoms with Gasteiger partial charge in [-0.3, -0.25) is 5.32 Å². The van der Waals surface area contributed by atoms with Gasteiger partial charge in [0.25, 0.3) is 0 Å². The van der Waals surface area contributed by atoms with Crippen molar-refractivity contribution in [2.75, 3.05) is 26.4 Å². The maximum Gasteiger partial charge on any atom is 0.113 e. The molecule has 4 heteroatoms. The Morgan fingerprint density at radius 3 is 2.75 bits per heavy atom. The first-order valence-corrected chi connectivity index (χ1v) is 4.39. The van der Waals surface area contributed by atoms with Crippen LogP contribution in [0.2, 0.25) is 0 Å². The van der Waals surface area contributed by atoms with Crippen LogP contribution >= 0.6 is 12.4 Å². The molecule has 2 heterocycles. The summed E-state index contributed by atoms with van der Waals surface area (Å²) in [6, 6.07) is 0. The number of rotatable bonds is 1. The number of hydrogen-bond donors (Lipinski definition) is 1. The van der Waals surface area contributed by atoms with E-state index in [0.29, 0.717) is 5.92 Å². The summed E-state index contributed by atoms with van der Waals surface area (Å²) in [6.07, 6.45) is 2.71. The van der Waals surface area contributed by atoms with Crippen LogP contribution in [0.1, 0.15) is 12.8 Å². The normalized spacial score (nSPS) is 36.0. The van der Waals surface area contributed by atoms with E-state index in [9.17, 15) is 0 Å². The van der Waals surface area contributed by atoms with Crippen molar-refractivity contribution in [2.45, 2.75) is 19.1 Å². The van der Waals surface area contributed by atoms with E-state index in [2.05, 4.69) is 5.32 Å². The summed E-state index contributed by atoms with van der Waals surface area (Å²) < 4.78 is 10.9. The Labute approximate surface area is 79.2 Å². The lowest BCUT2D eigenvalue weighted by atomic mass is 10.0. The van der Waals surface area contributed by atoms with Crippen molar-refractivity contribution < 1.29 is 9.47 Å². The topological polar surface area (TPSA) is 30.5 Å². The molecule has 2 atom stereocenters. The highest BCUT2D eigenvalue weighted by atomic mass is 35.5. The van der Waals surface area contributed by atoms with Crippen molar-refractivity contribution in [3.05, 3.63) is 0 Å². The number of hydrogen-bond acceptors (Lipinski definition) is 3. The van der Waals surface area contributed by atoms with Gasteiger partial charge in [0.1, 0.15) is 6.23 Å². The molecule has 1 N–H and O–H groups in total. The van der Waals surface area contributed by atoms with E-state index in [-0.39, 0.29) is 18.6 Å². The van der Waals surface area contributed by atoms with Gasteiger partial charge in [0.2, 0.25) is 0 Å². The predicted molar refractivity (Wildman–Crippen MR) is 48.5 cm³/mol. The monoisotopic (exact) mass is 193 g/mol. The second-order valence-corrected chi connectivity index (χ2v) is 3.22. The molecule has 0 aromatic rings. The number of ether oxygens (including phenoxy) is 2. The van der Waals surface area contributed by atoms with E-state index in [0.717, 1.165) is 26.4 Å². The van der Waals surface area contributed by atoms with Gasteiger partial charge < -0.3 is 9.47 Å². The second-order valence-electron chi connectivity index (χ2n) is 3.22. The van der Waals surface area contributed by atoms with E-state index < -0.39 is 0 Å². The molecule has 0 spiro atoms. The molecule has 0 radical (unpaired) electrons. The highest BCUT2D eigenvalue weighted by Gasteiger charge is 2.26. The first-order chi connectivity index (χ1) is 5.47. The molecular weight excluding hydrogens is 178 g/mol. The van der Waals surface area contributed by atoms with Crippen LogP contribution in [0.15, 0.2) is 0 Å². The van der Waals surface area contributed by atoms with Crippen molar-refractivity contribution >= 4 is 12.4 Å². The Hall–Kier alpha value is 0.170. The minimum atomic E-state index is 0. The van der Waals surface area contributed by atoms with Crippen LogP contribution in [0, 0.1) is 5.92 Å². The van der Waals surface area contributed by atoms with E-state index in [1.165, 1.54) is 12.8 Å². The summed E-state index contributed by atoms with van der Waals surface area (Å²) in [6.45, 7) is 3.67. The molecule has 0 saturated carbocycles. The summed E-state index contributed by atoms with van der Waals surface area (Å²) in [5, 5.41) is 3.32. The molecule has 2 unspecified atom stereocenters. The van der Waals surface area contributed by atoms with Crippen molar-refractivity contribution in [2.24, 2.45) is 5.92 Å². The molecule has 3 nitrogen and oxygen atoms in total. The van der Waals surface area contributed by atoms with Crippen LogP contribution in [0.5, 0.6) is 0 Å². The summed E-state index contributed by atoms with van der Waals surface area (Å²) in [4.78, 5) is 0. The standard InChI is InChI=1S/C8H15NO2.ClH/c1-2-7(6-10-4-1)8-9-3-5-11-8;/h7-9H,1-6H2;1H. The molecule has 0 aromatic heterocycles. The molecule has 0 amide bonds. The lowest BCUT2D eigenvalue weighted by molar-refractivity contribution is -0.0278. The van der Waals surface area contributed by atoms with Gasteiger partial charge in [0, 0.05) is 19.1 Å². The largest absolute Gasteiger partial charge is 0.381 e. The lowest BCUT2D eigenvalue weighted by Gasteiger charge is -2.26. The Kier molecular flexibility index (Phi) is 4.29. The third-order valence-corrected chi connectivity index (χ3v) is 2.37. The Morgan fingerprint density at radius 1 is 1.25 bits per heavy atom. The zero-order valence-corrected chi connectivity index (χ0v) is 7.94. The van der Waals surface area contributed by atoms with Gasteiger partial charge in [-0.25, -0.2) is 0 Å². The van der Waals surface area contributed by atoms with Gasteiger partial charge in [-0.15, -0.1) is 12.4 Å². The molecule has 2 aliphatic rings. The van der Waals surface area contributed by atoms with Crippen molar-refractivity contribution in [3.63, 3.8) is 0 Å². The summed E-state index contributed by atoms with van der Waals surface area (Å²) in [5.74, 6) is 0.589. The molecule has 2 aliphatic heterocycles. The number of nitrogens with one attached hydrogen (secondary N) is 1. The maximum atomic E-state index is 5.50. The SMILES string of the molecule is C1COCC(C2NCCO2)C1.Cl. The molecule has 72 valence electrons. The molecule has 2 fully saturated rings. The highest BCUT2D eigenvalue weighted by molar-refractivity contribution is 5.85. The first-order valence-electron chi connectivity index (χ1n) is 4.39. The number of halogens is 1. The minimum Gasteiger partial charge on any atom is -0.381 e. The van der Waals surface area contributed by atoms with E-state index in [1.54, 1.807) is 0 Å². The fourth-order valence-electron chi connectivity index (χ4n) is 1.75. The average Bonchev–Trinajstić information content (AvgIpc) is 2.58. The van der Waals surface area contributed by atoms with E-state index >= 15 is 0 Å². The molecule has 0 aromatic carbocycles. The lowest BCUT2D eigenvalue weighted by Crippen LogP contribution is -2.36. The summed E-state index contributed by atoms with van der Waals surface area (Å²) in [7, 11) is 0. The maximum absolute atomic E-state index is 5.50. The molecule has 0 aliphatic carbocycles.